The van der Waals surface area contributed by atoms with E-state index in [2.05, 4.69) is 177 Å². The number of aromatic nitrogens is 23. The molecule has 0 unspecified atom stereocenters. The van der Waals surface area contributed by atoms with Gasteiger partial charge in [0.25, 0.3) is 0 Å². The van der Waals surface area contributed by atoms with Crippen LogP contribution in [0.3, 0.4) is 0 Å². The van der Waals surface area contributed by atoms with Crippen molar-refractivity contribution < 1.29 is 110 Å². The van der Waals surface area contributed by atoms with Gasteiger partial charge in [-0.25, -0.2) is 12.1 Å². The van der Waals surface area contributed by atoms with Gasteiger partial charge in [0.15, 0.2) is 5.43 Å². The third-order valence-electron chi connectivity index (χ3n) is 15.8. The number of hydrogen-bond acceptors (Lipinski definition) is 24. The minimum atomic E-state index is 0. The molecule has 650 valence electrons. The maximum Gasteiger partial charge on any atom is 0.189 e. The molecule has 0 spiro atoms. The molecule has 0 saturated carbocycles. The van der Waals surface area contributed by atoms with Crippen LogP contribution in [0.4, 0.5) is 0 Å². The predicted molar refractivity (Wildman–Crippen MR) is 481 cm³/mol. The van der Waals surface area contributed by atoms with Crippen LogP contribution in [-0.2, 0) is 112 Å². The third kappa shape index (κ3) is 46.8. The van der Waals surface area contributed by atoms with Crippen LogP contribution in [0.2, 0.25) is 0 Å². The van der Waals surface area contributed by atoms with Gasteiger partial charge < -0.3 is 39.0 Å². The molecule has 0 N–H and O–H groups in total. The molecule has 127 heavy (non-hydrogen) atoms. The van der Waals surface area contributed by atoms with Crippen molar-refractivity contribution in [1.82, 2.24) is 115 Å². The molecule has 17 heterocycles. The number of rotatable bonds is 0. The molecule has 0 aliphatic heterocycles. The first-order valence-corrected chi connectivity index (χ1v) is 38.4. The van der Waals surface area contributed by atoms with Crippen molar-refractivity contribution in [2.75, 3.05) is 0 Å². The maximum absolute atomic E-state index is 11.3. The van der Waals surface area contributed by atoms with E-state index < -0.39 is 0 Å². The SMILES string of the molecule is Cc1c[c-]cnc1.Cc1ccc(C)nn1.Cc1ccc[c-]n1.Cc1ccnc2cccnc12.Cc1ccno1.Cc1cn[c-]nc1.Cc1cnc(C)cn1.Cc1cncc(C)c1.Cc1cncc(C)n1.Cc1cncc2ccccc12.Cc1cncc2cccnc12.Cc1cncc2nccnc12.Cc1n[c-]c[c-]n1.Cn1ccc(=O)c2ccccc21.[W].[W].[W].[W].[W]. The Kier molecular flexibility index (Phi) is 58.6. The summed E-state index contributed by atoms with van der Waals surface area (Å²) in [7, 11) is 1.93. The molecule has 30 heteroatoms. The molecule has 19 rings (SSSR count). The van der Waals surface area contributed by atoms with E-state index in [1.807, 2.05) is 244 Å². The molecule has 0 atom stereocenters. The molecule has 0 amide bonds. The van der Waals surface area contributed by atoms with Crippen LogP contribution in [0.1, 0.15) is 95.9 Å². The van der Waals surface area contributed by atoms with Crippen LogP contribution in [0, 0.1) is 149 Å². The van der Waals surface area contributed by atoms with Crippen LogP contribution < -0.4 is 5.43 Å². The van der Waals surface area contributed by atoms with Gasteiger partial charge in [-0.3, -0.25) is 88.0 Å². The van der Waals surface area contributed by atoms with Crippen molar-refractivity contribution in [2.24, 2.45) is 7.05 Å². The van der Waals surface area contributed by atoms with Gasteiger partial charge in [-0.15, -0.1) is 18.3 Å². The van der Waals surface area contributed by atoms with Crippen molar-refractivity contribution in [3.05, 3.63) is 419 Å². The van der Waals surface area contributed by atoms with Crippen LogP contribution in [-0.4, -0.2) is 115 Å². The van der Waals surface area contributed by atoms with E-state index in [-0.39, 0.29) is 111 Å². The monoisotopic (exact) mass is 2540 g/mol. The van der Waals surface area contributed by atoms with Crippen molar-refractivity contribution in [2.45, 2.75) is 118 Å². The summed E-state index contributed by atoms with van der Waals surface area (Å²) in [4.78, 5) is 86.9. The zero-order valence-corrected chi connectivity index (χ0v) is 88.9. The Morgan fingerprint density at radius 3 is 1.35 bits per heavy atom. The quantitative estimate of drug-likeness (QED) is 0.127. The fourth-order valence-corrected chi connectivity index (χ4v) is 9.83. The van der Waals surface area contributed by atoms with Gasteiger partial charge in [-0.1, -0.05) is 105 Å². The number of fused-ring (bicyclic) bond motifs is 5. The van der Waals surface area contributed by atoms with Crippen LogP contribution in [0.15, 0.2) is 291 Å². The number of aryl methyl sites for hydroxylation is 18. The number of benzene rings is 2. The van der Waals surface area contributed by atoms with E-state index in [9.17, 15) is 4.79 Å². The Morgan fingerprint density at radius 2 is 0.890 bits per heavy atom. The van der Waals surface area contributed by atoms with E-state index in [4.69, 9.17) is 0 Å². The molecule has 0 radical (unpaired) electrons. The second-order valence-corrected chi connectivity index (χ2v) is 26.9. The van der Waals surface area contributed by atoms with E-state index >= 15 is 0 Å². The first-order chi connectivity index (χ1) is 58.9. The van der Waals surface area contributed by atoms with Gasteiger partial charge in [0.1, 0.15) is 11.3 Å². The molecule has 17 aromatic heterocycles. The minimum absolute atomic E-state index is 0. The topological polar surface area (TPSA) is 319 Å². The summed E-state index contributed by atoms with van der Waals surface area (Å²) in [5.41, 5.74) is 22.0. The number of nitrogens with zero attached hydrogens (tertiary/aromatic N) is 23. The van der Waals surface area contributed by atoms with Crippen LogP contribution >= 0.6 is 0 Å². The van der Waals surface area contributed by atoms with Gasteiger partial charge in [-0.05, 0) is 183 Å². The minimum Gasteiger partial charge on any atom is -0.510 e. The largest absolute Gasteiger partial charge is 0.510 e. The van der Waals surface area contributed by atoms with Gasteiger partial charge >= 0.3 is 0 Å². The second kappa shape index (κ2) is 65.7. The van der Waals surface area contributed by atoms with E-state index in [1.165, 1.54) is 33.0 Å². The van der Waals surface area contributed by atoms with Crippen molar-refractivity contribution in [3.63, 3.8) is 0 Å². The molecular weight excluding hydrogens is 2440 g/mol. The third-order valence-corrected chi connectivity index (χ3v) is 15.8. The second-order valence-electron chi connectivity index (χ2n) is 26.9. The average molecular weight is 2540 g/mol. The van der Waals surface area contributed by atoms with Gasteiger partial charge in [0, 0.05) is 252 Å². The summed E-state index contributed by atoms with van der Waals surface area (Å²) in [6.45, 7) is 33.3. The Labute approximate surface area is 815 Å². The fourth-order valence-electron chi connectivity index (χ4n) is 9.83. The standard InChI is InChI=1S/C10H9NO.C10H9N.2C9H8N2.C8H7N3.C7H9N.3C6H8N2.2C6H6N.C5H5N2.C5H4N2.C4H5NO.5W/c1-11-7-6-10(12)8-4-2-3-5-9(8)11;1-8-6-11-7-9-4-2-3-5-10(8)9;1-7-4-6-10-8-3-2-5-11-9(7)8;1-7-5-10-6-8-3-2-4-11-9(7)8;1-6-4-9-5-7-8(6)11-3-2-10-7;1-6-3-7(2)5-8-4-6;1-5-3-8-6(2)4-7-5;1-5-3-7-4-6(2)8-5;1-5-3-4-6(2)8-7-5;1-6-3-2-4-7-5-6;1-6-4-2-3-5-7-6;1-5-2-6-4-7-3-5;1-5-6-3-2-4-7-5;1-4-2-3-5-6-4;;;;;/h2-7H,1H3;2-7H,1H3;2*2-6H,1H3;2-5H,1H3;3-5H,1-2H3;3*3-4H,1-2H3;3-5H,1H3;2-4H,1H3;2-3H,1H3;2H,1H3;2-3H,1H3;;;;;/q;;;;;;;;;3*-1;-2;;;;;;. The van der Waals surface area contributed by atoms with Crippen LogP contribution in [0.5, 0.6) is 0 Å². The van der Waals surface area contributed by atoms with Crippen molar-refractivity contribution >= 4 is 54.6 Å². The molecule has 25 nitrogen and oxygen atoms in total. The van der Waals surface area contributed by atoms with E-state index in [0.717, 1.165) is 112 Å². The summed E-state index contributed by atoms with van der Waals surface area (Å²) in [6, 6.07) is 47.0. The summed E-state index contributed by atoms with van der Waals surface area (Å²) < 4.78 is 6.52. The van der Waals surface area contributed by atoms with Crippen molar-refractivity contribution in [1.29, 1.82) is 0 Å². The van der Waals surface area contributed by atoms with E-state index in [1.54, 1.807) is 137 Å². The summed E-state index contributed by atoms with van der Waals surface area (Å²) in [5.74, 6) is 1.57. The van der Waals surface area contributed by atoms with Gasteiger partial charge in [-0.2, -0.15) is 34.0 Å². The Balaban J connectivity index is 0.000000685. The zero-order chi connectivity index (χ0) is 88.1. The number of pyridine rings is 10. The molecule has 0 aliphatic carbocycles. The van der Waals surface area contributed by atoms with Gasteiger partial charge in [0.2, 0.25) is 0 Å². The summed E-state index contributed by atoms with van der Waals surface area (Å²) in [5, 5.41) is 15.5. The summed E-state index contributed by atoms with van der Waals surface area (Å²) in [6.07, 6.45) is 51.0. The first kappa shape index (κ1) is 113. The Morgan fingerprint density at radius 1 is 0.354 bits per heavy atom. The van der Waals surface area contributed by atoms with E-state index in [0.29, 0.717) is 5.82 Å². The molecule has 2 aromatic carbocycles. The van der Waals surface area contributed by atoms with Gasteiger partial charge in [0.05, 0.1) is 74.1 Å². The molecule has 0 saturated heterocycles. The average Bonchev–Trinajstić information content (AvgIpc) is 1.66. The Hall–Kier alpha value is -11.8. The molecule has 0 aliphatic rings. The normalized spacial score (nSPS) is 9.21. The number of para-hydroxylation sites is 1. The fraction of sp³-hybridized carbons (Fsp3) is 0.186. The Bertz CT molecular complexity index is 5550. The van der Waals surface area contributed by atoms with Crippen molar-refractivity contribution in [3.8, 4) is 0 Å². The number of hydrogen-bond donors (Lipinski definition) is 0. The summed E-state index contributed by atoms with van der Waals surface area (Å²) >= 11 is 0. The molecule has 19 aromatic rings. The maximum atomic E-state index is 11.3. The molecule has 0 fully saturated rings. The molecular formula is C97H100N23O2W5-5. The first-order valence-electron chi connectivity index (χ1n) is 38.4. The zero-order valence-electron chi connectivity index (χ0n) is 74.2. The smallest absolute Gasteiger partial charge is 0.189 e. The van der Waals surface area contributed by atoms with Crippen LogP contribution in [0.25, 0.3) is 54.6 Å². The molecule has 0 bridgehead atoms. The predicted octanol–water partition coefficient (Wildman–Crippen LogP) is 18.6.